The molecule has 3 N–H and O–H groups in total. The minimum atomic E-state index is -0.541. The molecule has 8 heteroatoms. The molecule has 3 atom stereocenters. The molecule has 4 rings (SSSR count). The molecule has 0 radical (unpaired) electrons. The number of hydrogen-bond donors (Lipinski definition) is 3. The number of unbranched alkanes of at least 4 members (excludes halogenated alkanes) is 1. The van der Waals surface area contributed by atoms with Crippen LogP contribution in [0.15, 0.2) is 24.3 Å². The number of aromatic nitrogens is 1. The average Bonchev–Trinajstić information content (AvgIpc) is 3.14. The van der Waals surface area contributed by atoms with Gasteiger partial charge in [0.2, 0.25) is 11.8 Å². The minimum Gasteiger partial charge on any atom is -0.444 e. The Balaban J connectivity index is 1.45. The van der Waals surface area contributed by atoms with Crippen LogP contribution in [-0.4, -0.2) is 52.0 Å². The normalized spacial score (nSPS) is 22.1. The van der Waals surface area contributed by atoms with E-state index < -0.39 is 23.8 Å². The number of nitrogens with one attached hydrogen (secondary N) is 3. The Bertz CT molecular complexity index is 1100. The van der Waals surface area contributed by atoms with E-state index in [1.807, 2.05) is 37.8 Å². The molecule has 0 spiro atoms. The number of nitrogens with zero attached hydrogens (tertiary/aromatic N) is 1. The average molecular weight is 483 g/mol. The first-order chi connectivity index (χ1) is 16.5. The summed E-state index contributed by atoms with van der Waals surface area (Å²) in [5, 5.41) is 6.87. The predicted molar refractivity (Wildman–Crippen MR) is 135 cm³/mol. The molecule has 0 aliphatic carbocycles. The molecule has 1 aromatic carbocycles. The van der Waals surface area contributed by atoms with E-state index in [2.05, 4.69) is 41.6 Å². The third kappa shape index (κ3) is 5.46. The summed E-state index contributed by atoms with van der Waals surface area (Å²) >= 11 is 0. The highest BCUT2D eigenvalue weighted by Gasteiger charge is 2.48. The fourth-order valence-corrected chi connectivity index (χ4v) is 5.26. The summed E-state index contributed by atoms with van der Waals surface area (Å²) < 4.78 is 5.25. The molecule has 3 amide bonds. The molecular weight excluding hydrogens is 444 g/mol. The van der Waals surface area contributed by atoms with Gasteiger partial charge in [-0.05, 0) is 64.0 Å². The number of hydrogen-bond acceptors (Lipinski definition) is 4. The van der Waals surface area contributed by atoms with E-state index in [-0.39, 0.29) is 17.9 Å². The molecule has 2 aromatic rings. The predicted octanol–water partition coefficient (Wildman–Crippen LogP) is 4.20. The highest BCUT2D eigenvalue weighted by molar-refractivity contribution is 5.99. The summed E-state index contributed by atoms with van der Waals surface area (Å²) in [5.74, 6) is 0.281. The number of alkyl carbamates (subject to hydrolysis) is 1. The molecule has 0 unspecified atom stereocenters. The first-order valence-electron chi connectivity index (χ1n) is 12.7. The fourth-order valence-electron chi connectivity index (χ4n) is 5.26. The number of piperazine rings is 1. The van der Waals surface area contributed by atoms with Crippen molar-refractivity contribution in [1.82, 2.24) is 20.5 Å². The fraction of sp³-hybridized carbons (Fsp3) is 0.593. The van der Waals surface area contributed by atoms with Gasteiger partial charge < -0.3 is 25.3 Å². The first-order valence-corrected chi connectivity index (χ1v) is 12.7. The maximum Gasteiger partial charge on any atom is 0.407 e. The Labute approximate surface area is 207 Å². The summed E-state index contributed by atoms with van der Waals surface area (Å²) in [6.45, 7) is 10.2. The van der Waals surface area contributed by atoms with Gasteiger partial charge in [-0.25, -0.2) is 4.79 Å². The molecule has 1 aromatic heterocycles. The van der Waals surface area contributed by atoms with Gasteiger partial charge in [-0.2, -0.15) is 0 Å². The van der Waals surface area contributed by atoms with Crippen molar-refractivity contribution in [1.29, 1.82) is 0 Å². The Hall–Kier alpha value is -3.03. The van der Waals surface area contributed by atoms with Gasteiger partial charge in [0.05, 0.1) is 6.04 Å². The SMILES string of the molecule is CC(C)C[C@@H]1c2[nH]c3ccccc3c2C[C@H]2C(=O)N[C@H](CCCCNC(=O)OC(C)(C)C)C(=O)N12. The maximum absolute atomic E-state index is 13.7. The monoisotopic (exact) mass is 482 g/mol. The smallest absolute Gasteiger partial charge is 0.407 e. The molecule has 35 heavy (non-hydrogen) atoms. The Kier molecular flexibility index (Phi) is 7.10. The molecular formula is C27H38N4O4. The number of carbonyl (C=O) groups is 3. The van der Waals surface area contributed by atoms with E-state index >= 15 is 0 Å². The molecule has 1 fully saturated rings. The first kappa shape index (κ1) is 25.1. The van der Waals surface area contributed by atoms with E-state index in [1.165, 1.54) is 0 Å². The number of rotatable bonds is 7. The Morgan fingerprint density at radius 2 is 1.94 bits per heavy atom. The van der Waals surface area contributed by atoms with Crippen LogP contribution in [0.5, 0.6) is 0 Å². The van der Waals surface area contributed by atoms with Crippen molar-refractivity contribution in [2.75, 3.05) is 6.54 Å². The van der Waals surface area contributed by atoms with Crippen molar-refractivity contribution in [3.63, 3.8) is 0 Å². The third-order valence-corrected chi connectivity index (χ3v) is 6.70. The van der Waals surface area contributed by atoms with E-state index in [9.17, 15) is 14.4 Å². The number of para-hydroxylation sites is 1. The largest absolute Gasteiger partial charge is 0.444 e. The quantitative estimate of drug-likeness (QED) is 0.515. The number of ether oxygens (including phenoxy) is 1. The number of amides is 3. The lowest BCUT2D eigenvalue weighted by Crippen LogP contribution is -2.65. The van der Waals surface area contributed by atoms with Crippen LogP contribution in [0, 0.1) is 5.92 Å². The number of benzene rings is 1. The van der Waals surface area contributed by atoms with Crippen LogP contribution in [-0.2, 0) is 20.7 Å². The van der Waals surface area contributed by atoms with Gasteiger partial charge in [-0.15, -0.1) is 0 Å². The summed E-state index contributed by atoms with van der Waals surface area (Å²) in [6, 6.07) is 6.98. The van der Waals surface area contributed by atoms with Crippen LogP contribution in [0.3, 0.4) is 0 Å². The van der Waals surface area contributed by atoms with Gasteiger partial charge in [0, 0.05) is 29.6 Å². The lowest BCUT2D eigenvalue weighted by atomic mass is 9.85. The molecule has 1 saturated heterocycles. The number of carbonyl (C=O) groups excluding carboxylic acids is 3. The summed E-state index contributed by atoms with van der Waals surface area (Å²) in [5.41, 5.74) is 2.74. The van der Waals surface area contributed by atoms with E-state index in [4.69, 9.17) is 4.74 Å². The van der Waals surface area contributed by atoms with Crippen molar-refractivity contribution in [2.24, 2.45) is 5.92 Å². The lowest BCUT2D eigenvalue weighted by molar-refractivity contribution is -0.154. The van der Waals surface area contributed by atoms with Gasteiger partial charge in [0.1, 0.15) is 17.7 Å². The van der Waals surface area contributed by atoms with Gasteiger partial charge in [-0.1, -0.05) is 32.0 Å². The molecule has 2 aliphatic rings. The molecule has 0 saturated carbocycles. The molecule has 3 heterocycles. The standard InChI is InChI=1S/C27H38N4O4/c1-16(2)14-21-23-18(17-10-6-7-11-19(17)29-23)15-22-24(32)30-20(25(33)31(21)22)12-8-9-13-28-26(34)35-27(3,4)5/h6-7,10-11,16,20-22,29H,8-9,12-15H2,1-5H3,(H,28,34)(H,30,32)/t20-,21-,22+/m1/s1. The van der Waals surface area contributed by atoms with Gasteiger partial charge in [0.15, 0.2) is 0 Å². The number of aromatic amines is 1. The third-order valence-electron chi connectivity index (χ3n) is 6.70. The topological polar surface area (TPSA) is 104 Å². The van der Waals surface area contributed by atoms with E-state index in [0.29, 0.717) is 38.1 Å². The lowest BCUT2D eigenvalue weighted by Gasteiger charge is -2.47. The van der Waals surface area contributed by atoms with Crippen LogP contribution >= 0.6 is 0 Å². The second-order valence-corrected chi connectivity index (χ2v) is 11.2. The van der Waals surface area contributed by atoms with Crippen LogP contribution < -0.4 is 10.6 Å². The Morgan fingerprint density at radius 3 is 2.66 bits per heavy atom. The van der Waals surface area contributed by atoms with Crippen LogP contribution in [0.2, 0.25) is 0 Å². The van der Waals surface area contributed by atoms with Gasteiger partial charge >= 0.3 is 6.09 Å². The van der Waals surface area contributed by atoms with Crippen LogP contribution in [0.25, 0.3) is 10.9 Å². The zero-order valence-corrected chi connectivity index (χ0v) is 21.4. The number of H-pyrrole nitrogens is 1. The van der Waals surface area contributed by atoms with Gasteiger partial charge in [0.25, 0.3) is 0 Å². The molecule has 190 valence electrons. The summed E-state index contributed by atoms with van der Waals surface area (Å²) in [6.07, 6.45) is 2.82. The zero-order valence-electron chi connectivity index (χ0n) is 21.4. The number of fused-ring (bicyclic) bond motifs is 4. The van der Waals surface area contributed by atoms with Crippen molar-refractivity contribution in [2.45, 2.75) is 90.4 Å². The summed E-state index contributed by atoms with van der Waals surface area (Å²) in [4.78, 5) is 44.1. The van der Waals surface area contributed by atoms with Crippen molar-refractivity contribution in [3.8, 4) is 0 Å². The minimum absolute atomic E-state index is 0.00958. The maximum atomic E-state index is 13.7. The second-order valence-electron chi connectivity index (χ2n) is 11.2. The zero-order chi connectivity index (χ0) is 25.3. The molecule has 8 nitrogen and oxygen atoms in total. The highest BCUT2D eigenvalue weighted by atomic mass is 16.6. The van der Waals surface area contributed by atoms with Crippen molar-refractivity contribution in [3.05, 3.63) is 35.5 Å². The van der Waals surface area contributed by atoms with Crippen molar-refractivity contribution < 1.29 is 19.1 Å². The van der Waals surface area contributed by atoms with E-state index in [0.717, 1.165) is 28.6 Å². The Morgan fingerprint density at radius 1 is 1.20 bits per heavy atom. The van der Waals surface area contributed by atoms with Crippen molar-refractivity contribution >= 4 is 28.8 Å². The second kappa shape index (κ2) is 9.91. The van der Waals surface area contributed by atoms with Gasteiger partial charge in [-0.3, -0.25) is 9.59 Å². The molecule has 2 aliphatic heterocycles. The van der Waals surface area contributed by atoms with Crippen LogP contribution in [0.1, 0.15) is 77.6 Å². The molecule has 0 bridgehead atoms. The summed E-state index contributed by atoms with van der Waals surface area (Å²) in [7, 11) is 0. The van der Waals surface area contributed by atoms with E-state index in [1.54, 1.807) is 0 Å². The highest BCUT2D eigenvalue weighted by Crippen LogP contribution is 2.41. The van der Waals surface area contributed by atoms with Crippen LogP contribution in [0.4, 0.5) is 4.79 Å².